The van der Waals surface area contributed by atoms with Gasteiger partial charge in [-0.25, -0.2) is 0 Å². The highest BCUT2D eigenvalue weighted by Crippen LogP contribution is 2.14. The van der Waals surface area contributed by atoms with Crippen molar-refractivity contribution in [1.29, 1.82) is 0 Å². The van der Waals surface area contributed by atoms with E-state index in [4.69, 9.17) is 5.11 Å². The SMILES string of the molecule is C=CC(C)[C@@H](O)[C@@H](C=C)CO. The van der Waals surface area contributed by atoms with Crippen LogP contribution in [0.5, 0.6) is 0 Å². The molecule has 3 atom stereocenters. The summed E-state index contributed by atoms with van der Waals surface area (Å²) in [5.41, 5.74) is 0. The van der Waals surface area contributed by atoms with E-state index >= 15 is 0 Å². The minimum atomic E-state index is -0.574. The number of rotatable bonds is 5. The normalized spacial score (nSPS) is 18.5. The molecule has 0 aliphatic carbocycles. The van der Waals surface area contributed by atoms with Crippen molar-refractivity contribution in [1.82, 2.24) is 0 Å². The third-order valence-electron chi connectivity index (χ3n) is 1.86. The molecule has 0 saturated heterocycles. The monoisotopic (exact) mass is 156 g/mol. The molecule has 0 aliphatic heterocycles. The lowest BCUT2D eigenvalue weighted by Crippen LogP contribution is -2.27. The van der Waals surface area contributed by atoms with E-state index in [-0.39, 0.29) is 18.4 Å². The van der Waals surface area contributed by atoms with Gasteiger partial charge < -0.3 is 10.2 Å². The van der Waals surface area contributed by atoms with E-state index in [9.17, 15) is 5.11 Å². The average molecular weight is 156 g/mol. The van der Waals surface area contributed by atoms with Crippen molar-refractivity contribution >= 4 is 0 Å². The predicted molar refractivity (Wildman–Crippen MR) is 46.1 cm³/mol. The minimum Gasteiger partial charge on any atom is -0.396 e. The summed E-state index contributed by atoms with van der Waals surface area (Å²) in [7, 11) is 0. The van der Waals surface area contributed by atoms with Crippen LogP contribution in [0.2, 0.25) is 0 Å². The summed E-state index contributed by atoms with van der Waals surface area (Å²) in [4.78, 5) is 0. The summed E-state index contributed by atoms with van der Waals surface area (Å²) in [5, 5.41) is 18.3. The number of aliphatic hydroxyl groups is 2. The quantitative estimate of drug-likeness (QED) is 0.582. The molecule has 0 saturated carbocycles. The summed E-state index contributed by atoms with van der Waals surface area (Å²) in [6.07, 6.45) is 2.65. The van der Waals surface area contributed by atoms with E-state index in [0.29, 0.717) is 0 Å². The second-order valence-corrected chi connectivity index (χ2v) is 2.67. The molecule has 0 bridgehead atoms. The van der Waals surface area contributed by atoms with Gasteiger partial charge in [0.15, 0.2) is 0 Å². The van der Waals surface area contributed by atoms with Gasteiger partial charge in [-0.05, 0) is 0 Å². The number of hydrogen-bond acceptors (Lipinski definition) is 2. The van der Waals surface area contributed by atoms with Crippen LogP contribution in [-0.2, 0) is 0 Å². The molecular weight excluding hydrogens is 140 g/mol. The van der Waals surface area contributed by atoms with Gasteiger partial charge in [0.2, 0.25) is 0 Å². The Morgan fingerprint density at radius 3 is 2.18 bits per heavy atom. The van der Waals surface area contributed by atoms with Gasteiger partial charge in [0.25, 0.3) is 0 Å². The van der Waals surface area contributed by atoms with Gasteiger partial charge in [-0.2, -0.15) is 0 Å². The molecule has 0 aromatic rings. The van der Waals surface area contributed by atoms with Gasteiger partial charge in [-0.1, -0.05) is 19.1 Å². The molecule has 0 aromatic heterocycles. The van der Waals surface area contributed by atoms with E-state index in [2.05, 4.69) is 13.2 Å². The molecule has 0 amide bonds. The van der Waals surface area contributed by atoms with Crippen molar-refractivity contribution in [3.05, 3.63) is 25.3 Å². The van der Waals surface area contributed by atoms with Gasteiger partial charge in [0.1, 0.15) is 0 Å². The highest BCUT2D eigenvalue weighted by Gasteiger charge is 2.18. The third-order valence-corrected chi connectivity index (χ3v) is 1.86. The van der Waals surface area contributed by atoms with Crippen LogP contribution in [0.4, 0.5) is 0 Å². The van der Waals surface area contributed by atoms with Crippen LogP contribution in [0.25, 0.3) is 0 Å². The predicted octanol–water partition coefficient (Wildman–Crippen LogP) is 0.964. The first kappa shape index (κ1) is 10.4. The molecule has 0 rings (SSSR count). The van der Waals surface area contributed by atoms with Gasteiger partial charge >= 0.3 is 0 Å². The lowest BCUT2D eigenvalue weighted by Gasteiger charge is -2.20. The van der Waals surface area contributed by atoms with E-state index in [0.717, 1.165) is 0 Å². The lowest BCUT2D eigenvalue weighted by molar-refractivity contribution is 0.0650. The van der Waals surface area contributed by atoms with Crippen LogP contribution in [0.1, 0.15) is 6.92 Å². The molecule has 2 nitrogen and oxygen atoms in total. The fourth-order valence-electron chi connectivity index (χ4n) is 0.851. The molecular formula is C9H16O2. The highest BCUT2D eigenvalue weighted by atomic mass is 16.3. The number of hydrogen-bond donors (Lipinski definition) is 2. The van der Waals surface area contributed by atoms with Gasteiger partial charge in [0.05, 0.1) is 12.7 Å². The Bertz CT molecular complexity index is 132. The Hall–Kier alpha value is -0.600. The Kier molecular flexibility index (Phi) is 4.83. The first-order chi connectivity index (χ1) is 5.17. The van der Waals surface area contributed by atoms with Gasteiger partial charge in [-0.3, -0.25) is 0 Å². The van der Waals surface area contributed by atoms with Crippen molar-refractivity contribution in [2.75, 3.05) is 6.61 Å². The summed E-state index contributed by atoms with van der Waals surface area (Å²) in [6.45, 7) is 8.86. The molecule has 0 spiro atoms. The standard InChI is InChI=1S/C9H16O2/c1-4-7(3)9(11)8(5-2)6-10/h4-5,7-11H,1-2,6H2,3H3/t7?,8-,9+/m0/s1. The van der Waals surface area contributed by atoms with E-state index in [1.807, 2.05) is 6.92 Å². The summed E-state index contributed by atoms with van der Waals surface area (Å²) in [5.74, 6) is -0.256. The zero-order chi connectivity index (χ0) is 8.85. The topological polar surface area (TPSA) is 40.5 Å². The Balaban J connectivity index is 4.06. The first-order valence-electron chi connectivity index (χ1n) is 3.71. The Morgan fingerprint density at radius 2 is 1.91 bits per heavy atom. The van der Waals surface area contributed by atoms with Crippen LogP contribution < -0.4 is 0 Å². The molecule has 1 unspecified atom stereocenters. The van der Waals surface area contributed by atoms with Crippen molar-refractivity contribution in [2.45, 2.75) is 13.0 Å². The van der Waals surface area contributed by atoms with Crippen LogP contribution in [0, 0.1) is 11.8 Å². The summed E-state index contributed by atoms with van der Waals surface area (Å²) < 4.78 is 0. The maximum atomic E-state index is 9.47. The molecule has 0 radical (unpaired) electrons. The number of aliphatic hydroxyl groups excluding tert-OH is 2. The molecule has 0 heterocycles. The summed E-state index contributed by atoms with van der Waals surface area (Å²) in [6, 6.07) is 0. The Morgan fingerprint density at radius 1 is 1.36 bits per heavy atom. The average Bonchev–Trinajstić information content (AvgIpc) is 2.05. The minimum absolute atomic E-state index is 0.00912. The van der Waals surface area contributed by atoms with Crippen LogP contribution in [0.15, 0.2) is 25.3 Å². The molecule has 2 heteroatoms. The molecule has 11 heavy (non-hydrogen) atoms. The maximum absolute atomic E-state index is 9.47. The second kappa shape index (κ2) is 5.10. The molecule has 0 aliphatic rings. The Labute approximate surface area is 67.9 Å². The van der Waals surface area contributed by atoms with E-state index in [1.165, 1.54) is 0 Å². The third kappa shape index (κ3) is 2.87. The lowest BCUT2D eigenvalue weighted by atomic mass is 9.93. The molecule has 0 aromatic carbocycles. The van der Waals surface area contributed by atoms with Gasteiger partial charge in [-0.15, -0.1) is 13.2 Å². The zero-order valence-corrected chi connectivity index (χ0v) is 6.90. The molecule has 2 N–H and O–H groups in total. The van der Waals surface area contributed by atoms with Crippen molar-refractivity contribution in [2.24, 2.45) is 11.8 Å². The fourth-order valence-corrected chi connectivity index (χ4v) is 0.851. The highest BCUT2D eigenvalue weighted by molar-refractivity contribution is 4.91. The second-order valence-electron chi connectivity index (χ2n) is 2.67. The van der Waals surface area contributed by atoms with Gasteiger partial charge in [0, 0.05) is 11.8 Å². The fraction of sp³-hybridized carbons (Fsp3) is 0.556. The van der Waals surface area contributed by atoms with Crippen molar-refractivity contribution in [3.8, 4) is 0 Å². The smallest absolute Gasteiger partial charge is 0.0684 e. The zero-order valence-electron chi connectivity index (χ0n) is 6.90. The molecule has 0 fully saturated rings. The maximum Gasteiger partial charge on any atom is 0.0684 e. The van der Waals surface area contributed by atoms with Crippen molar-refractivity contribution < 1.29 is 10.2 Å². The molecule has 64 valence electrons. The van der Waals surface area contributed by atoms with Crippen LogP contribution in [-0.4, -0.2) is 22.9 Å². The van der Waals surface area contributed by atoms with Crippen molar-refractivity contribution in [3.63, 3.8) is 0 Å². The van der Waals surface area contributed by atoms with E-state index in [1.54, 1.807) is 12.2 Å². The van der Waals surface area contributed by atoms with Crippen LogP contribution >= 0.6 is 0 Å². The van der Waals surface area contributed by atoms with E-state index < -0.39 is 6.10 Å². The van der Waals surface area contributed by atoms with Crippen LogP contribution in [0.3, 0.4) is 0 Å². The summed E-state index contributed by atoms with van der Waals surface area (Å²) >= 11 is 0. The largest absolute Gasteiger partial charge is 0.396 e. The first-order valence-corrected chi connectivity index (χ1v) is 3.71.